The van der Waals surface area contributed by atoms with E-state index in [1.54, 1.807) is 12.1 Å². The van der Waals surface area contributed by atoms with E-state index >= 15 is 0 Å². The van der Waals surface area contributed by atoms with E-state index in [-0.39, 0.29) is 18.0 Å². The molecule has 1 aromatic rings. The maximum Gasteiger partial charge on any atom is 0.300 e. The minimum atomic E-state index is -2.94. The molecule has 1 saturated heterocycles. The Kier molecular flexibility index (Phi) is 4.21. The number of nitrogens with zero attached hydrogens (tertiary/aromatic N) is 1. The van der Waals surface area contributed by atoms with Crippen molar-refractivity contribution in [3.05, 3.63) is 35.4 Å². The Morgan fingerprint density at radius 1 is 1.37 bits per heavy atom. The number of ether oxygens (including phenoxy) is 1. The fraction of sp³-hybridized carbons (Fsp3) is 0.600. The summed E-state index contributed by atoms with van der Waals surface area (Å²) < 4.78 is 34.3. The highest BCUT2D eigenvalue weighted by molar-refractivity contribution is 5.29. The molecule has 0 amide bonds. The topological polar surface area (TPSA) is 12.5 Å². The van der Waals surface area contributed by atoms with Crippen molar-refractivity contribution in [3.63, 3.8) is 0 Å². The molecule has 2 nitrogen and oxygen atoms in total. The maximum atomic E-state index is 14.5. The molecular formula is C15H21F2NO. The van der Waals surface area contributed by atoms with Crippen LogP contribution in [0, 0.1) is 0 Å². The van der Waals surface area contributed by atoms with E-state index < -0.39 is 12.0 Å². The number of rotatable bonds is 3. The molecule has 0 radical (unpaired) electrons. The smallest absolute Gasteiger partial charge is 0.300 e. The third-order valence-corrected chi connectivity index (χ3v) is 3.61. The fourth-order valence-electron chi connectivity index (χ4n) is 2.29. The fourth-order valence-corrected chi connectivity index (χ4v) is 2.29. The van der Waals surface area contributed by atoms with E-state index in [1.165, 1.54) is 6.07 Å². The molecule has 19 heavy (non-hydrogen) atoms. The first-order valence-corrected chi connectivity index (χ1v) is 6.69. The summed E-state index contributed by atoms with van der Waals surface area (Å²) in [6.07, 6.45) is -1.06. The van der Waals surface area contributed by atoms with Gasteiger partial charge in [0.1, 0.15) is 6.10 Å². The van der Waals surface area contributed by atoms with E-state index in [9.17, 15) is 8.78 Å². The van der Waals surface area contributed by atoms with Gasteiger partial charge in [-0.1, -0.05) is 32.0 Å². The van der Waals surface area contributed by atoms with Gasteiger partial charge in [0.25, 0.3) is 5.92 Å². The Morgan fingerprint density at radius 3 is 2.74 bits per heavy atom. The molecule has 1 heterocycles. The van der Waals surface area contributed by atoms with Crippen LogP contribution in [0.1, 0.15) is 30.9 Å². The molecule has 0 spiro atoms. The van der Waals surface area contributed by atoms with E-state index in [0.29, 0.717) is 13.2 Å². The van der Waals surface area contributed by atoms with E-state index in [4.69, 9.17) is 4.74 Å². The average molecular weight is 269 g/mol. The van der Waals surface area contributed by atoms with E-state index in [1.807, 2.05) is 31.9 Å². The Hall–Kier alpha value is -1.00. The van der Waals surface area contributed by atoms with Crippen LogP contribution in [0.5, 0.6) is 0 Å². The van der Waals surface area contributed by atoms with E-state index in [2.05, 4.69) is 0 Å². The Morgan fingerprint density at radius 2 is 2.11 bits per heavy atom. The molecule has 2 rings (SSSR count). The summed E-state index contributed by atoms with van der Waals surface area (Å²) in [6.45, 7) is 5.34. The van der Waals surface area contributed by atoms with Gasteiger partial charge in [0.15, 0.2) is 0 Å². The number of hydrogen-bond donors (Lipinski definition) is 0. The van der Waals surface area contributed by atoms with Gasteiger partial charge in [-0.05, 0) is 24.6 Å². The highest BCUT2D eigenvalue weighted by Crippen LogP contribution is 2.36. The van der Waals surface area contributed by atoms with Gasteiger partial charge in [0, 0.05) is 18.7 Å². The van der Waals surface area contributed by atoms with Crippen LogP contribution in [-0.4, -0.2) is 37.7 Å². The Labute approximate surface area is 113 Å². The summed E-state index contributed by atoms with van der Waals surface area (Å²) in [5.41, 5.74) is 0.986. The minimum Gasteiger partial charge on any atom is -0.369 e. The molecule has 1 unspecified atom stereocenters. The molecule has 0 aromatic heterocycles. The number of hydrogen-bond acceptors (Lipinski definition) is 2. The van der Waals surface area contributed by atoms with Gasteiger partial charge < -0.3 is 9.64 Å². The second-order valence-corrected chi connectivity index (χ2v) is 5.52. The standard InChI is InChI=1S/C15H21F2NO/c1-11(2)12-5-4-6-13(9-12)15(16,17)14-10-18(3)7-8-19-14/h4-6,9,11,14H,7-8,10H2,1-3H3. The lowest BCUT2D eigenvalue weighted by Crippen LogP contribution is -2.48. The minimum absolute atomic E-state index is 0.0546. The van der Waals surface area contributed by atoms with Crippen molar-refractivity contribution in [2.45, 2.75) is 31.8 Å². The number of likely N-dealkylation sites (N-methyl/N-ethyl adjacent to an activating group) is 1. The normalized spacial score (nSPS) is 21.9. The first-order valence-electron chi connectivity index (χ1n) is 6.69. The SMILES string of the molecule is CC(C)c1cccc(C(F)(F)C2CN(C)CCO2)c1. The number of halogens is 2. The molecule has 106 valence electrons. The van der Waals surface area contributed by atoms with Crippen molar-refractivity contribution >= 4 is 0 Å². The summed E-state index contributed by atoms with van der Waals surface area (Å²) in [6, 6.07) is 6.68. The zero-order chi connectivity index (χ0) is 14.0. The molecular weight excluding hydrogens is 248 g/mol. The quantitative estimate of drug-likeness (QED) is 0.835. The molecule has 0 saturated carbocycles. The lowest BCUT2D eigenvalue weighted by atomic mass is 9.95. The third-order valence-electron chi connectivity index (χ3n) is 3.61. The first-order chi connectivity index (χ1) is 8.91. The second kappa shape index (κ2) is 5.55. The lowest BCUT2D eigenvalue weighted by Gasteiger charge is -2.35. The van der Waals surface area contributed by atoms with Crippen molar-refractivity contribution in [1.82, 2.24) is 4.90 Å². The lowest BCUT2D eigenvalue weighted by molar-refractivity contribution is -0.169. The van der Waals surface area contributed by atoms with Gasteiger partial charge in [-0.15, -0.1) is 0 Å². The van der Waals surface area contributed by atoms with Crippen molar-refractivity contribution < 1.29 is 13.5 Å². The van der Waals surface area contributed by atoms with Gasteiger partial charge >= 0.3 is 0 Å². The van der Waals surface area contributed by atoms with Gasteiger partial charge in [-0.25, -0.2) is 0 Å². The molecule has 4 heteroatoms. The van der Waals surface area contributed by atoms with Crippen LogP contribution in [0.15, 0.2) is 24.3 Å². The molecule has 1 atom stereocenters. The molecule has 0 N–H and O–H groups in total. The summed E-state index contributed by atoms with van der Waals surface area (Å²) in [5, 5.41) is 0. The van der Waals surface area contributed by atoms with Crippen LogP contribution in [0.3, 0.4) is 0 Å². The monoisotopic (exact) mass is 269 g/mol. The van der Waals surface area contributed by atoms with Crippen LogP contribution in [-0.2, 0) is 10.7 Å². The van der Waals surface area contributed by atoms with Crippen LogP contribution in [0.2, 0.25) is 0 Å². The molecule has 0 bridgehead atoms. The van der Waals surface area contributed by atoms with Crippen molar-refractivity contribution in [2.75, 3.05) is 26.7 Å². The zero-order valence-corrected chi connectivity index (χ0v) is 11.7. The van der Waals surface area contributed by atoms with Gasteiger partial charge in [0.05, 0.1) is 6.61 Å². The molecule has 0 aliphatic carbocycles. The Balaban J connectivity index is 2.25. The highest BCUT2D eigenvalue weighted by atomic mass is 19.3. The van der Waals surface area contributed by atoms with Gasteiger partial charge in [-0.3, -0.25) is 0 Å². The van der Waals surface area contributed by atoms with Gasteiger partial charge in [-0.2, -0.15) is 8.78 Å². The van der Waals surface area contributed by atoms with Gasteiger partial charge in [0.2, 0.25) is 0 Å². The average Bonchev–Trinajstić information content (AvgIpc) is 2.39. The number of morpholine rings is 1. The Bertz CT molecular complexity index is 434. The highest BCUT2D eigenvalue weighted by Gasteiger charge is 2.44. The number of alkyl halides is 2. The van der Waals surface area contributed by atoms with E-state index in [0.717, 1.165) is 5.56 Å². The predicted octanol–water partition coefficient (Wildman–Crippen LogP) is 3.23. The first kappa shape index (κ1) is 14.4. The summed E-state index contributed by atoms with van der Waals surface area (Å²) in [7, 11) is 1.84. The van der Waals surface area contributed by atoms with Crippen molar-refractivity contribution in [3.8, 4) is 0 Å². The van der Waals surface area contributed by atoms with Crippen molar-refractivity contribution in [1.29, 1.82) is 0 Å². The number of benzene rings is 1. The van der Waals surface area contributed by atoms with Crippen molar-refractivity contribution in [2.24, 2.45) is 0 Å². The van der Waals surface area contributed by atoms with Crippen LogP contribution in [0.4, 0.5) is 8.78 Å². The van der Waals surface area contributed by atoms with Crippen LogP contribution >= 0.6 is 0 Å². The summed E-state index contributed by atoms with van der Waals surface area (Å²) in [5.74, 6) is -2.70. The maximum absolute atomic E-state index is 14.5. The summed E-state index contributed by atoms with van der Waals surface area (Å²) >= 11 is 0. The predicted molar refractivity (Wildman–Crippen MR) is 71.7 cm³/mol. The molecule has 1 aliphatic heterocycles. The third kappa shape index (κ3) is 3.12. The molecule has 1 fully saturated rings. The summed E-state index contributed by atoms with van der Waals surface area (Å²) in [4.78, 5) is 1.88. The zero-order valence-electron chi connectivity index (χ0n) is 11.7. The largest absolute Gasteiger partial charge is 0.369 e. The molecule has 1 aliphatic rings. The molecule has 1 aromatic carbocycles. The van der Waals surface area contributed by atoms with Crippen LogP contribution < -0.4 is 0 Å². The second-order valence-electron chi connectivity index (χ2n) is 5.52. The van der Waals surface area contributed by atoms with Crippen LogP contribution in [0.25, 0.3) is 0 Å².